The van der Waals surface area contributed by atoms with E-state index in [0.717, 1.165) is 0 Å². The Labute approximate surface area is 101 Å². The molecule has 1 nitrogen and oxygen atoms in total. The molecule has 16 heavy (non-hydrogen) atoms. The molecule has 0 radical (unpaired) electrons. The molecule has 1 unspecified atom stereocenters. The number of aliphatic hydroxyl groups is 1. The Morgan fingerprint density at radius 1 is 1.38 bits per heavy atom. The number of hydrogen-bond donors (Lipinski definition) is 1. The molecule has 90 valence electrons. The van der Waals surface area contributed by atoms with E-state index in [-0.39, 0.29) is 11.2 Å². The zero-order valence-electron chi connectivity index (χ0n) is 9.93. The number of hydrogen-bond acceptors (Lipinski definition) is 1. The van der Waals surface area contributed by atoms with Crippen molar-refractivity contribution in [3.8, 4) is 0 Å². The van der Waals surface area contributed by atoms with Gasteiger partial charge in [0.25, 0.3) is 0 Å². The largest absolute Gasteiger partial charge is 0.393 e. The van der Waals surface area contributed by atoms with E-state index < -0.39 is 6.10 Å². The zero-order valence-corrected chi connectivity index (χ0v) is 10.7. The molecular formula is C13H18ClFO. The number of rotatable bonds is 3. The van der Waals surface area contributed by atoms with Crippen LogP contribution in [0.1, 0.15) is 32.8 Å². The Morgan fingerprint density at radius 2 is 2.00 bits per heavy atom. The average Bonchev–Trinajstić information content (AvgIpc) is 2.17. The van der Waals surface area contributed by atoms with Crippen molar-refractivity contribution in [1.82, 2.24) is 0 Å². The fraction of sp³-hybridized carbons (Fsp3) is 0.538. The van der Waals surface area contributed by atoms with Crippen molar-refractivity contribution in [3.05, 3.63) is 34.6 Å². The van der Waals surface area contributed by atoms with Gasteiger partial charge in [-0.1, -0.05) is 32.4 Å². The average molecular weight is 245 g/mol. The van der Waals surface area contributed by atoms with E-state index in [1.807, 2.05) is 20.8 Å². The van der Waals surface area contributed by atoms with Gasteiger partial charge in [0.05, 0.1) is 6.10 Å². The first-order valence-electron chi connectivity index (χ1n) is 5.42. The van der Waals surface area contributed by atoms with Crippen LogP contribution >= 0.6 is 11.6 Å². The van der Waals surface area contributed by atoms with Crippen LogP contribution in [0.4, 0.5) is 4.39 Å². The number of benzene rings is 1. The summed E-state index contributed by atoms with van der Waals surface area (Å²) < 4.78 is 13.4. The second-order valence-electron chi connectivity index (χ2n) is 5.16. The molecule has 0 aliphatic rings. The van der Waals surface area contributed by atoms with Crippen LogP contribution < -0.4 is 0 Å². The third kappa shape index (κ3) is 3.76. The molecule has 0 saturated heterocycles. The molecule has 3 heteroatoms. The summed E-state index contributed by atoms with van der Waals surface area (Å²) in [5.41, 5.74) is 0.394. The van der Waals surface area contributed by atoms with Crippen LogP contribution in [-0.4, -0.2) is 11.2 Å². The van der Waals surface area contributed by atoms with Gasteiger partial charge in [0.2, 0.25) is 0 Å². The van der Waals surface area contributed by atoms with E-state index in [4.69, 9.17) is 11.6 Å². The van der Waals surface area contributed by atoms with Crippen molar-refractivity contribution < 1.29 is 9.50 Å². The normalized spacial score (nSPS) is 13.9. The van der Waals surface area contributed by atoms with Crippen molar-refractivity contribution in [1.29, 1.82) is 0 Å². The highest BCUT2D eigenvalue weighted by Crippen LogP contribution is 2.24. The molecule has 0 heterocycles. The molecule has 0 bridgehead atoms. The molecule has 0 fully saturated rings. The Bertz CT molecular complexity index is 357. The first-order valence-corrected chi connectivity index (χ1v) is 5.80. The maximum Gasteiger partial charge on any atom is 0.126 e. The van der Waals surface area contributed by atoms with E-state index >= 15 is 0 Å². The lowest BCUT2D eigenvalue weighted by atomic mass is 9.86. The topological polar surface area (TPSA) is 20.2 Å². The van der Waals surface area contributed by atoms with E-state index in [2.05, 4.69) is 0 Å². The van der Waals surface area contributed by atoms with Crippen LogP contribution in [0.2, 0.25) is 5.02 Å². The van der Waals surface area contributed by atoms with Crippen LogP contribution in [0.3, 0.4) is 0 Å². The molecule has 0 saturated carbocycles. The first-order chi connectivity index (χ1) is 7.30. The molecule has 0 aliphatic carbocycles. The summed E-state index contributed by atoms with van der Waals surface area (Å²) >= 11 is 5.79. The van der Waals surface area contributed by atoms with E-state index in [9.17, 15) is 9.50 Å². The molecule has 0 spiro atoms. The Kier molecular flexibility index (Phi) is 4.34. The van der Waals surface area contributed by atoms with Crippen LogP contribution in [0.25, 0.3) is 0 Å². The minimum atomic E-state index is -0.439. The molecule has 1 N–H and O–H groups in total. The Morgan fingerprint density at radius 3 is 2.56 bits per heavy atom. The van der Waals surface area contributed by atoms with E-state index in [0.29, 0.717) is 23.4 Å². The maximum atomic E-state index is 13.4. The third-order valence-corrected chi connectivity index (χ3v) is 2.93. The predicted octanol–water partition coefficient (Wildman–Crippen LogP) is 3.82. The van der Waals surface area contributed by atoms with Crippen molar-refractivity contribution in [2.75, 3.05) is 0 Å². The lowest BCUT2D eigenvalue weighted by Gasteiger charge is -2.25. The highest BCUT2D eigenvalue weighted by molar-refractivity contribution is 6.30. The minimum absolute atomic E-state index is 0.172. The van der Waals surface area contributed by atoms with Crippen LogP contribution in [-0.2, 0) is 6.42 Å². The summed E-state index contributed by atoms with van der Waals surface area (Å²) in [7, 11) is 0. The van der Waals surface area contributed by atoms with Crippen LogP contribution in [0, 0.1) is 11.2 Å². The standard InChI is InChI=1S/C13H18ClFO/c1-13(2,3)12(16)7-4-9-8-10(14)5-6-11(9)15/h5-6,8,12,16H,4,7H2,1-3H3. The zero-order chi connectivity index (χ0) is 12.3. The van der Waals surface area contributed by atoms with E-state index in [1.54, 1.807) is 6.07 Å². The molecule has 1 aromatic carbocycles. The second-order valence-corrected chi connectivity index (χ2v) is 5.59. The summed E-state index contributed by atoms with van der Waals surface area (Å²) in [6, 6.07) is 4.51. The van der Waals surface area contributed by atoms with Crippen LogP contribution in [0.5, 0.6) is 0 Å². The molecular weight excluding hydrogens is 227 g/mol. The smallest absolute Gasteiger partial charge is 0.126 e. The van der Waals surface area contributed by atoms with Gasteiger partial charge in [-0.25, -0.2) is 4.39 Å². The van der Waals surface area contributed by atoms with Crippen LogP contribution in [0.15, 0.2) is 18.2 Å². The van der Waals surface area contributed by atoms with Crippen molar-refractivity contribution in [2.45, 2.75) is 39.7 Å². The SMILES string of the molecule is CC(C)(C)C(O)CCc1cc(Cl)ccc1F. The van der Waals surface area contributed by atoms with E-state index in [1.165, 1.54) is 12.1 Å². The summed E-state index contributed by atoms with van der Waals surface area (Å²) in [5.74, 6) is -0.259. The molecule has 0 amide bonds. The highest BCUT2D eigenvalue weighted by atomic mass is 35.5. The van der Waals surface area contributed by atoms with Gasteiger partial charge in [-0.05, 0) is 42.0 Å². The lowest BCUT2D eigenvalue weighted by molar-refractivity contribution is 0.0558. The van der Waals surface area contributed by atoms with Gasteiger partial charge in [-0.3, -0.25) is 0 Å². The molecule has 0 aromatic heterocycles. The molecule has 1 rings (SSSR count). The van der Waals surface area contributed by atoms with Crippen molar-refractivity contribution in [3.63, 3.8) is 0 Å². The van der Waals surface area contributed by atoms with Crippen molar-refractivity contribution in [2.24, 2.45) is 5.41 Å². The maximum absolute atomic E-state index is 13.4. The predicted molar refractivity (Wildman–Crippen MR) is 65.2 cm³/mol. The Balaban J connectivity index is 2.64. The summed E-state index contributed by atoms with van der Waals surface area (Å²) in [6.07, 6.45) is 0.608. The van der Waals surface area contributed by atoms with Gasteiger partial charge in [0.1, 0.15) is 5.82 Å². The summed E-state index contributed by atoms with van der Waals surface area (Å²) in [5, 5.41) is 10.4. The quantitative estimate of drug-likeness (QED) is 0.857. The number of halogens is 2. The summed E-state index contributed by atoms with van der Waals surface area (Å²) in [4.78, 5) is 0. The van der Waals surface area contributed by atoms with Gasteiger partial charge in [0.15, 0.2) is 0 Å². The monoisotopic (exact) mass is 244 g/mol. The van der Waals surface area contributed by atoms with Gasteiger partial charge >= 0.3 is 0 Å². The van der Waals surface area contributed by atoms with Gasteiger partial charge in [-0.15, -0.1) is 0 Å². The first kappa shape index (κ1) is 13.5. The lowest BCUT2D eigenvalue weighted by Crippen LogP contribution is -2.26. The molecule has 1 aromatic rings. The fourth-order valence-corrected chi connectivity index (χ4v) is 1.65. The Hall–Kier alpha value is -0.600. The fourth-order valence-electron chi connectivity index (χ4n) is 1.46. The molecule has 1 atom stereocenters. The third-order valence-electron chi connectivity index (χ3n) is 2.69. The van der Waals surface area contributed by atoms with Gasteiger partial charge in [-0.2, -0.15) is 0 Å². The van der Waals surface area contributed by atoms with Gasteiger partial charge in [0, 0.05) is 5.02 Å². The molecule has 0 aliphatic heterocycles. The second kappa shape index (κ2) is 5.15. The summed E-state index contributed by atoms with van der Waals surface area (Å²) in [6.45, 7) is 5.89. The number of aryl methyl sites for hydroxylation is 1. The number of aliphatic hydroxyl groups excluding tert-OH is 1. The van der Waals surface area contributed by atoms with Gasteiger partial charge < -0.3 is 5.11 Å². The highest BCUT2D eigenvalue weighted by Gasteiger charge is 2.21. The van der Waals surface area contributed by atoms with Crippen molar-refractivity contribution >= 4 is 11.6 Å². The minimum Gasteiger partial charge on any atom is -0.393 e.